The molecule has 0 bridgehead atoms. The monoisotopic (exact) mass is 379 g/mol. The van der Waals surface area contributed by atoms with Crippen molar-refractivity contribution < 1.29 is 13.2 Å². The zero-order valence-electron chi connectivity index (χ0n) is 14.9. The molecular formula is C17H25N5O3S. The first-order valence-corrected chi connectivity index (χ1v) is 10.2. The van der Waals surface area contributed by atoms with Crippen LogP contribution in [0.3, 0.4) is 0 Å². The Labute approximate surface area is 154 Å². The molecule has 1 aromatic carbocycles. The Morgan fingerprint density at radius 2 is 1.92 bits per heavy atom. The predicted octanol–water partition coefficient (Wildman–Crippen LogP) is 0.977. The van der Waals surface area contributed by atoms with Crippen molar-refractivity contribution in [1.82, 2.24) is 24.4 Å². The molecule has 0 spiro atoms. The second kappa shape index (κ2) is 8.61. The molecule has 9 heteroatoms. The number of sulfonamides is 1. The number of piperidine rings is 1. The van der Waals surface area contributed by atoms with E-state index in [-0.39, 0.29) is 4.90 Å². The van der Waals surface area contributed by atoms with E-state index in [9.17, 15) is 8.42 Å². The smallest absolute Gasteiger partial charge is 0.240 e. The van der Waals surface area contributed by atoms with Crippen molar-refractivity contribution >= 4 is 10.0 Å². The van der Waals surface area contributed by atoms with Gasteiger partial charge in [-0.05, 0) is 49.6 Å². The minimum Gasteiger partial charge on any atom is -0.497 e. The van der Waals surface area contributed by atoms with Crippen LogP contribution < -0.4 is 9.46 Å². The van der Waals surface area contributed by atoms with E-state index in [2.05, 4.69) is 19.8 Å². The molecule has 2 heterocycles. The number of benzene rings is 1. The van der Waals surface area contributed by atoms with Gasteiger partial charge in [0.05, 0.1) is 12.0 Å². The summed E-state index contributed by atoms with van der Waals surface area (Å²) in [6.45, 7) is 4.16. The summed E-state index contributed by atoms with van der Waals surface area (Å²) in [5.74, 6) is 0.956. The molecule has 1 unspecified atom stereocenters. The van der Waals surface area contributed by atoms with Crippen molar-refractivity contribution in [2.45, 2.75) is 24.3 Å². The van der Waals surface area contributed by atoms with Gasteiger partial charge >= 0.3 is 0 Å². The van der Waals surface area contributed by atoms with Crippen molar-refractivity contribution in [2.75, 3.05) is 33.3 Å². The fourth-order valence-electron chi connectivity index (χ4n) is 3.18. The zero-order valence-corrected chi connectivity index (χ0v) is 15.7. The van der Waals surface area contributed by atoms with Crippen molar-refractivity contribution in [2.24, 2.45) is 5.92 Å². The van der Waals surface area contributed by atoms with E-state index in [0.717, 1.165) is 39.0 Å². The number of ether oxygens (including phenoxy) is 1. The van der Waals surface area contributed by atoms with E-state index in [4.69, 9.17) is 4.74 Å². The number of hydrogen-bond acceptors (Lipinski definition) is 6. The third-order valence-corrected chi connectivity index (χ3v) is 6.12. The molecule has 1 atom stereocenters. The summed E-state index contributed by atoms with van der Waals surface area (Å²) in [4.78, 5) is 2.63. The summed E-state index contributed by atoms with van der Waals surface area (Å²) >= 11 is 0. The van der Waals surface area contributed by atoms with Gasteiger partial charge in [-0.3, -0.25) is 0 Å². The molecule has 0 radical (unpaired) electrons. The van der Waals surface area contributed by atoms with Crippen LogP contribution >= 0.6 is 0 Å². The second-order valence-corrected chi connectivity index (χ2v) is 8.30. The van der Waals surface area contributed by atoms with Gasteiger partial charge < -0.3 is 14.2 Å². The Bertz CT molecular complexity index is 777. The Kier molecular flexibility index (Phi) is 6.23. The number of nitrogens with one attached hydrogen (secondary N) is 1. The number of aromatic nitrogens is 3. The van der Waals surface area contributed by atoms with E-state index >= 15 is 0 Å². The van der Waals surface area contributed by atoms with Gasteiger partial charge in [-0.25, -0.2) is 13.1 Å². The molecule has 1 saturated heterocycles. The number of rotatable bonds is 8. The summed E-state index contributed by atoms with van der Waals surface area (Å²) in [6, 6.07) is 6.44. The van der Waals surface area contributed by atoms with Crippen LogP contribution in [0.5, 0.6) is 5.75 Å². The van der Waals surface area contributed by atoms with Gasteiger partial charge in [0.2, 0.25) is 10.0 Å². The molecule has 0 amide bonds. The van der Waals surface area contributed by atoms with Crippen molar-refractivity contribution in [1.29, 1.82) is 0 Å². The lowest BCUT2D eigenvalue weighted by molar-refractivity contribution is 0.170. The lowest BCUT2D eigenvalue weighted by Crippen LogP contribution is -2.42. The van der Waals surface area contributed by atoms with Gasteiger partial charge in [-0.15, -0.1) is 10.2 Å². The Hall–Kier alpha value is -1.97. The molecule has 2 aromatic rings. The highest BCUT2D eigenvalue weighted by molar-refractivity contribution is 7.89. The van der Waals surface area contributed by atoms with Crippen LogP contribution in [0.25, 0.3) is 0 Å². The normalized spacial score (nSPS) is 18.7. The average molecular weight is 379 g/mol. The fraction of sp³-hybridized carbons (Fsp3) is 0.529. The highest BCUT2D eigenvalue weighted by Gasteiger charge is 2.22. The second-order valence-electron chi connectivity index (χ2n) is 6.54. The van der Waals surface area contributed by atoms with Crippen LogP contribution in [0.4, 0.5) is 0 Å². The maximum absolute atomic E-state index is 12.5. The fourth-order valence-corrected chi connectivity index (χ4v) is 4.30. The zero-order chi connectivity index (χ0) is 18.4. The van der Waals surface area contributed by atoms with Crippen LogP contribution in [-0.2, 0) is 16.6 Å². The summed E-state index contributed by atoms with van der Waals surface area (Å²) in [6.07, 6.45) is 5.54. The summed E-state index contributed by atoms with van der Waals surface area (Å²) in [5, 5.41) is 7.61. The largest absolute Gasteiger partial charge is 0.497 e. The highest BCUT2D eigenvalue weighted by Crippen LogP contribution is 2.18. The molecule has 3 rings (SSSR count). The van der Waals surface area contributed by atoms with Gasteiger partial charge in [0.1, 0.15) is 18.4 Å². The molecule has 1 aliphatic heterocycles. The van der Waals surface area contributed by atoms with Crippen LogP contribution in [0.2, 0.25) is 0 Å². The van der Waals surface area contributed by atoms with E-state index in [1.54, 1.807) is 44.0 Å². The van der Waals surface area contributed by atoms with Crippen LogP contribution in [0.15, 0.2) is 41.8 Å². The van der Waals surface area contributed by atoms with Gasteiger partial charge in [0, 0.05) is 26.2 Å². The summed E-state index contributed by atoms with van der Waals surface area (Å²) in [5.41, 5.74) is 0. The molecule has 0 saturated carbocycles. The topological polar surface area (TPSA) is 89.4 Å². The van der Waals surface area contributed by atoms with Gasteiger partial charge in [-0.1, -0.05) is 0 Å². The van der Waals surface area contributed by atoms with Crippen LogP contribution in [0, 0.1) is 5.92 Å². The van der Waals surface area contributed by atoms with E-state index < -0.39 is 10.0 Å². The van der Waals surface area contributed by atoms with Crippen LogP contribution in [-0.4, -0.2) is 61.4 Å². The van der Waals surface area contributed by atoms with Crippen molar-refractivity contribution in [3.63, 3.8) is 0 Å². The third-order valence-electron chi connectivity index (χ3n) is 4.68. The summed E-state index contributed by atoms with van der Waals surface area (Å²) < 4.78 is 34.7. The Morgan fingerprint density at radius 3 is 2.62 bits per heavy atom. The Balaban J connectivity index is 1.49. The third kappa shape index (κ3) is 5.03. The molecular weight excluding hydrogens is 354 g/mol. The number of likely N-dealkylation sites (tertiary alicyclic amines) is 1. The SMILES string of the molecule is COc1ccc(S(=O)(=O)NCC2CCCN(CCn3cnnc3)C2)cc1. The maximum Gasteiger partial charge on any atom is 0.240 e. The molecule has 1 aliphatic rings. The van der Waals surface area contributed by atoms with E-state index in [1.807, 2.05) is 4.57 Å². The maximum atomic E-state index is 12.5. The molecule has 0 aliphatic carbocycles. The minimum absolute atomic E-state index is 0.263. The van der Waals surface area contributed by atoms with Gasteiger partial charge in [-0.2, -0.15) is 0 Å². The summed E-state index contributed by atoms with van der Waals surface area (Å²) in [7, 11) is -1.94. The first kappa shape index (κ1) is 18.8. The lowest BCUT2D eigenvalue weighted by Gasteiger charge is -2.32. The number of hydrogen-bond donors (Lipinski definition) is 1. The molecule has 1 N–H and O–H groups in total. The number of methoxy groups -OCH3 is 1. The van der Waals surface area contributed by atoms with E-state index in [1.165, 1.54) is 0 Å². The van der Waals surface area contributed by atoms with Gasteiger partial charge in [0.15, 0.2) is 0 Å². The minimum atomic E-state index is -3.49. The van der Waals surface area contributed by atoms with Crippen LogP contribution in [0.1, 0.15) is 12.8 Å². The van der Waals surface area contributed by atoms with Crippen molar-refractivity contribution in [3.05, 3.63) is 36.9 Å². The molecule has 26 heavy (non-hydrogen) atoms. The highest BCUT2D eigenvalue weighted by atomic mass is 32.2. The predicted molar refractivity (Wildman–Crippen MR) is 97.4 cm³/mol. The molecule has 1 aromatic heterocycles. The first-order valence-electron chi connectivity index (χ1n) is 8.75. The molecule has 8 nitrogen and oxygen atoms in total. The van der Waals surface area contributed by atoms with E-state index in [0.29, 0.717) is 18.2 Å². The standard InChI is InChI=1S/C17H25N5O3S/c1-25-16-4-6-17(7-5-16)26(23,24)20-11-15-3-2-8-21(12-15)9-10-22-13-18-19-14-22/h4-7,13-15,20H,2-3,8-12H2,1H3. The lowest BCUT2D eigenvalue weighted by atomic mass is 9.98. The molecule has 1 fully saturated rings. The first-order chi connectivity index (χ1) is 12.6. The molecule has 142 valence electrons. The van der Waals surface area contributed by atoms with Gasteiger partial charge in [0.25, 0.3) is 0 Å². The Morgan fingerprint density at radius 1 is 1.19 bits per heavy atom. The number of nitrogens with zero attached hydrogens (tertiary/aromatic N) is 4. The average Bonchev–Trinajstić information content (AvgIpc) is 3.19. The van der Waals surface area contributed by atoms with Crippen molar-refractivity contribution in [3.8, 4) is 5.75 Å². The quantitative estimate of drug-likeness (QED) is 0.735.